The molecule has 1 saturated heterocycles. The van der Waals surface area contributed by atoms with Gasteiger partial charge in [0.1, 0.15) is 0 Å². The van der Waals surface area contributed by atoms with Gasteiger partial charge < -0.3 is 15.8 Å². The molecular weight excluding hydrogens is 284 g/mol. The van der Waals surface area contributed by atoms with Gasteiger partial charge in [0.25, 0.3) is 0 Å². The second kappa shape index (κ2) is 6.77. The van der Waals surface area contributed by atoms with Gasteiger partial charge in [0, 0.05) is 24.0 Å². The third kappa shape index (κ3) is 4.18. The summed E-state index contributed by atoms with van der Waals surface area (Å²) < 4.78 is 5.65. The van der Waals surface area contributed by atoms with Crippen molar-refractivity contribution in [1.29, 1.82) is 0 Å². The van der Waals surface area contributed by atoms with Gasteiger partial charge in [-0.25, -0.2) is 0 Å². The lowest BCUT2D eigenvalue weighted by Crippen LogP contribution is -2.44. The molecule has 2 fully saturated rings. The predicted octanol–water partition coefficient (Wildman–Crippen LogP) is 1.58. The lowest BCUT2D eigenvalue weighted by molar-refractivity contribution is -0.0327. The summed E-state index contributed by atoms with van der Waals surface area (Å²) in [4.78, 5) is 8.39. The van der Waals surface area contributed by atoms with E-state index in [1.165, 1.54) is 17.7 Å². The zero-order valence-corrected chi connectivity index (χ0v) is 13.3. The quantitative estimate of drug-likeness (QED) is 0.640. The number of nitrogens with zero attached hydrogens (tertiary/aromatic N) is 2. The third-order valence-electron chi connectivity index (χ3n) is 3.95. The van der Waals surface area contributed by atoms with Crippen LogP contribution in [-0.2, 0) is 4.74 Å². The molecule has 2 unspecified atom stereocenters. The maximum absolute atomic E-state index is 5.97. The second-order valence-corrected chi connectivity index (χ2v) is 6.83. The van der Waals surface area contributed by atoms with Crippen LogP contribution in [0.4, 0.5) is 0 Å². The zero-order valence-electron chi connectivity index (χ0n) is 12.5. The number of rotatable bonds is 5. The largest absolute Gasteiger partial charge is 0.376 e. The minimum absolute atomic E-state index is 0.284. The van der Waals surface area contributed by atoms with Crippen LogP contribution >= 0.6 is 11.3 Å². The highest BCUT2D eigenvalue weighted by Gasteiger charge is 2.26. The normalized spacial score (nSPS) is 25.8. The summed E-state index contributed by atoms with van der Waals surface area (Å²) in [7, 11) is 0. The van der Waals surface area contributed by atoms with Crippen molar-refractivity contribution in [3.05, 3.63) is 22.4 Å². The number of hydrogen-bond acceptors (Lipinski definition) is 4. The number of nitrogens with one attached hydrogen (secondary N) is 1. The molecule has 0 aromatic carbocycles. The summed E-state index contributed by atoms with van der Waals surface area (Å²) in [6, 6.07) is 5.15. The summed E-state index contributed by atoms with van der Waals surface area (Å²) in [5.74, 6) is 0.584. The molecule has 1 aromatic heterocycles. The second-order valence-electron chi connectivity index (χ2n) is 5.85. The van der Waals surface area contributed by atoms with E-state index in [4.69, 9.17) is 10.5 Å². The van der Waals surface area contributed by atoms with Crippen LogP contribution in [0, 0.1) is 0 Å². The summed E-state index contributed by atoms with van der Waals surface area (Å²) in [5.41, 5.74) is 5.97. The summed E-state index contributed by atoms with van der Waals surface area (Å²) >= 11 is 1.79. The Kier molecular flexibility index (Phi) is 4.77. The minimum Gasteiger partial charge on any atom is -0.376 e. The molecule has 1 aliphatic carbocycles. The first-order valence-electron chi connectivity index (χ1n) is 7.68. The van der Waals surface area contributed by atoms with Crippen molar-refractivity contribution in [3.8, 4) is 0 Å². The molecule has 2 heterocycles. The molecule has 2 atom stereocenters. The van der Waals surface area contributed by atoms with Gasteiger partial charge in [-0.3, -0.25) is 9.89 Å². The molecule has 0 spiro atoms. The molecule has 0 bridgehead atoms. The Morgan fingerprint density at radius 1 is 1.62 bits per heavy atom. The highest BCUT2D eigenvalue weighted by Crippen LogP contribution is 2.27. The SMILES string of the molecule is CC1CN(C(CN=C(N)NC2CC2)c2cccs2)CCO1. The number of hydrogen-bond donors (Lipinski definition) is 2. The van der Waals surface area contributed by atoms with Gasteiger partial charge in [0.15, 0.2) is 5.96 Å². The third-order valence-corrected chi connectivity index (χ3v) is 4.92. The van der Waals surface area contributed by atoms with Crippen LogP contribution < -0.4 is 11.1 Å². The number of aliphatic imine (C=N–C) groups is 1. The Morgan fingerprint density at radius 2 is 2.48 bits per heavy atom. The molecule has 21 heavy (non-hydrogen) atoms. The van der Waals surface area contributed by atoms with Crippen molar-refractivity contribution < 1.29 is 4.74 Å². The van der Waals surface area contributed by atoms with E-state index in [9.17, 15) is 0 Å². The van der Waals surface area contributed by atoms with Gasteiger partial charge in [0.2, 0.25) is 0 Å². The first-order chi connectivity index (χ1) is 10.2. The van der Waals surface area contributed by atoms with Crippen LogP contribution in [0.5, 0.6) is 0 Å². The molecule has 116 valence electrons. The Morgan fingerprint density at radius 3 is 3.14 bits per heavy atom. The van der Waals surface area contributed by atoms with Crippen LogP contribution in [0.1, 0.15) is 30.7 Å². The number of nitrogens with two attached hydrogens (primary N) is 1. The molecule has 3 rings (SSSR count). The van der Waals surface area contributed by atoms with Crippen LogP contribution in [0.2, 0.25) is 0 Å². The fourth-order valence-corrected chi connectivity index (χ4v) is 3.51. The smallest absolute Gasteiger partial charge is 0.188 e. The first kappa shape index (κ1) is 14.8. The van der Waals surface area contributed by atoms with Crippen molar-refractivity contribution in [3.63, 3.8) is 0 Å². The summed E-state index contributed by atoms with van der Waals surface area (Å²) in [5, 5.41) is 5.38. The van der Waals surface area contributed by atoms with Crippen LogP contribution in [0.15, 0.2) is 22.5 Å². The molecule has 5 nitrogen and oxygen atoms in total. The van der Waals surface area contributed by atoms with E-state index in [0.29, 0.717) is 24.6 Å². The highest BCUT2D eigenvalue weighted by molar-refractivity contribution is 7.10. The molecule has 0 amide bonds. The van der Waals surface area contributed by atoms with Gasteiger partial charge in [-0.15, -0.1) is 11.3 Å². The monoisotopic (exact) mass is 308 g/mol. The van der Waals surface area contributed by atoms with Crippen molar-refractivity contribution >= 4 is 17.3 Å². The number of thiophene rings is 1. The van der Waals surface area contributed by atoms with Gasteiger partial charge in [0.05, 0.1) is 25.3 Å². The average Bonchev–Trinajstić information content (AvgIpc) is 3.11. The number of morpholine rings is 1. The predicted molar refractivity (Wildman–Crippen MR) is 86.7 cm³/mol. The van der Waals surface area contributed by atoms with Gasteiger partial charge in [-0.05, 0) is 31.2 Å². The van der Waals surface area contributed by atoms with Gasteiger partial charge in [-0.2, -0.15) is 0 Å². The van der Waals surface area contributed by atoms with Gasteiger partial charge in [-0.1, -0.05) is 6.07 Å². The Labute approximate surface area is 130 Å². The Balaban J connectivity index is 1.66. The van der Waals surface area contributed by atoms with E-state index in [-0.39, 0.29) is 6.10 Å². The Bertz CT molecular complexity index is 472. The van der Waals surface area contributed by atoms with Crippen molar-refractivity contribution in [2.45, 2.75) is 38.0 Å². The first-order valence-corrected chi connectivity index (χ1v) is 8.56. The standard InChI is InChI=1S/C15H24N4OS/c1-11-10-19(6-7-20-11)13(14-3-2-8-21-14)9-17-15(16)18-12-4-5-12/h2-3,8,11-13H,4-7,9-10H2,1H3,(H3,16,17,18). The maximum atomic E-state index is 5.97. The fourth-order valence-electron chi connectivity index (χ4n) is 2.66. The lowest BCUT2D eigenvalue weighted by Gasteiger charge is -2.36. The lowest BCUT2D eigenvalue weighted by atomic mass is 10.1. The molecule has 6 heteroatoms. The summed E-state index contributed by atoms with van der Waals surface area (Å²) in [6.07, 6.45) is 2.71. The van der Waals surface area contributed by atoms with Crippen molar-refractivity contribution in [2.75, 3.05) is 26.2 Å². The minimum atomic E-state index is 0.284. The zero-order chi connectivity index (χ0) is 14.7. The molecule has 1 aromatic rings. The van der Waals surface area contributed by atoms with E-state index in [0.717, 1.165) is 19.7 Å². The van der Waals surface area contributed by atoms with Crippen molar-refractivity contribution in [2.24, 2.45) is 10.7 Å². The molecular formula is C15H24N4OS. The van der Waals surface area contributed by atoms with E-state index in [1.54, 1.807) is 11.3 Å². The Hall–Kier alpha value is -1.11. The van der Waals surface area contributed by atoms with E-state index in [2.05, 4.69) is 39.6 Å². The highest BCUT2D eigenvalue weighted by atomic mass is 32.1. The summed E-state index contributed by atoms with van der Waals surface area (Å²) in [6.45, 7) is 5.54. The van der Waals surface area contributed by atoms with Crippen LogP contribution in [-0.4, -0.2) is 49.2 Å². The molecule has 2 aliphatic rings. The van der Waals surface area contributed by atoms with Crippen molar-refractivity contribution in [1.82, 2.24) is 10.2 Å². The van der Waals surface area contributed by atoms with Crippen LogP contribution in [0.25, 0.3) is 0 Å². The maximum Gasteiger partial charge on any atom is 0.188 e. The molecule has 3 N–H and O–H groups in total. The van der Waals surface area contributed by atoms with E-state index in [1.807, 2.05) is 0 Å². The average molecular weight is 308 g/mol. The number of guanidine groups is 1. The van der Waals surface area contributed by atoms with E-state index >= 15 is 0 Å². The molecule has 0 radical (unpaired) electrons. The topological polar surface area (TPSA) is 62.9 Å². The number of ether oxygens (including phenoxy) is 1. The van der Waals surface area contributed by atoms with Gasteiger partial charge >= 0.3 is 0 Å². The van der Waals surface area contributed by atoms with E-state index < -0.39 is 0 Å². The molecule has 1 saturated carbocycles. The fraction of sp³-hybridized carbons (Fsp3) is 0.667. The molecule has 1 aliphatic heterocycles. The van der Waals surface area contributed by atoms with Crippen LogP contribution in [0.3, 0.4) is 0 Å².